The van der Waals surface area contributed by atoms with Gasteiger partial charge < -0.3 is 9.84 Å². The number of carbonyl (C=O) groups excluding carboxylic acids is 1. The first-order chi connectivity index (χ1) is 13.8. The predicted octanol–water partition coefficient (Wildman–Crippen LogP) is 2.88. The number of carboxylic acids is 1. The number of halogens is 2. The van der Waals surface area contributed by atoms with Crippen LogP contribution in [-0.2, 0) is 16.1 Å². The van der Waals surface area contributed by atoms with Crippen molar-refractivity contribution >= 4 is 35.2 Å². The van der Waals surface area contributed by atoms with Crippen molar-refractivity contribution in [3.8, 4) is 0 Å². The summed E-state index contributed by atoms with van der Waals surface area (Å²) in [6.45, 7) is 3.75. The molecule has 0 bridgehead atoms. The van der Waals surface area contributed by atoms with Crippen LogP contribution in [0.1, 0.15) is 23.0 Å². The minimum atomic E-state index is -1.12. The number of carboxylic acid groups (broad SMARTS) is 1. The molecule has 0 saturated carbocycles. The van der Waals surface area contributed by atoms with Crippen LogP contribution in [0.2, 0.25) is 0 Å². The zero-order valence-electron chi connectivity index (χ0n) is 15.5. The van der Waals surface area contributed by atoms with E-state index in [1.807, 2.05) is 0 Å². The Bertz CT molecular complexity index is 896. The largest absolute Gasteiger partial charge is 0.476 e. The lowest BCUT2D eigenvalue weighted by Crippen LogP contribution is -2.46. The van der Waals surface area contributed by atoms with E-state index in [0.29, 0.717) is 36.1 Å². The van der Waals surface area contributed by atoms with Gasteiger partial charge in [0.15, 0.2) is 21.7 Å². The Hall–Kier alpha value is -2.08. The van der Waals surface area contributed by atoms with Gasteiger partial charge >= 0.3 is 5.97 Å². The maximum absolute atomic E-state index is 13.4. The maximum Gasteiger partial charge on any atom is 0.355 e. The van der Waals surface area contributed by atoms with Gasteiger partial charge in [0.25, 0.3) is 0 Å². The summed E-state index contributed by atoms with van der Waals surface area (Å²) in [6.07, 6.45) is -0.274. The fraction of sp³-hybridized carbons (Fsp3) is 0.389. The van der Waals surface area contributed by atoms with E-state index in [4.69, 9.17) is 9.84 Å². The number of ether oxygens (including phenoxy) is 1. The Morgan fingerprint density at radius 3 is 2.86 bits per heavy atom. The highest BCUT2D eigenvalue weighted by Crippen LogP contribution is 2.27. The van der Waals surface area contributed by atoms with E-state index in [2.05, 4.69) is 9.88 Å². The van der Waals surface area contributed by atoms with E-state index in [9.17, 15) is 18.4 Å². The molecule has 2 heterocycles. The molecule has 2 aromatic rings. The van der Waals surface area contributed by atoms with Crippen LogP contribution < -0.4 is 0 Å². The van der Waals surface area contributed by atoms with Crippen LogP contribution in [0, 0.1) is 11.6 Å². The Kier molecular flexibility index (Phi) is 7.17. The molecule has 1 aliphatic heterocycles. The molecule has 1 amide bonds. The van der Waals surface area contributed by atoms with Crippen LogP contribution >= 0.6 is 23.3 Å². The fourth-order valence-corrected chi connectivity index (χ4v) is 4.64. The lowest BCUT2D eigenvalue weighted by atomic mass is 10.1. The van der Waals surface area contributed by atoms with E-state index in [1.165, 1.54) is 22.7 Å². The minimum Gasteiger partial charge on any atom is -0.476 e. The highest BCUT2D eigenvalue weighted by atomic mass is 32.2. The van der Waals surface area contributed by atoms with Crippen molar-refractivity contribution in [2.24, 2.45) is 0 Å². The first kappa shape index (κ1) is 21.6. The van der Waals surface area contributed by atoms with Gasteiger partial charge in [-0.25, -0.2) is 18.6 Å². The van der Waals surface area contributed by atoms with E-state index in [-0.39, 0.29) is 24.2 Å². The zero-order valence-corrected chi connectivity index (χ0v) is 17.1. The van der Waals surface area contributed by atoms with Crippen molar-refractivity contribution in [1.29, 1.82) is 0 Å². The molecule has 3 rings (SSSR count). The van der Waals surface area contributed by atoms with E-state index in [1.54, 1.807) is 6.07 Å². The first-order valence-corrected chi connectivity index (χ1v) is 10.4. The second-order valence-corrected chi connectivity index (χ2v) is 8.58. The number of aromatic carboxylic acids is 1. The van der Waals surface area contributed by atoms with Gasteiger partial charge in [-0.15, -0.1) is 11.3 Å². The van der Waals surface area contributed by atoms with Gasteiger partial charge in [-0.2, -0.15) is 0 Å². The lowest BCUT2D eigenvalue weighted by Gasteiger charge is -2.35. The van der Waals surface area contributed by atoms with Crippen molar-refractivity contribution in [2.75, 3.05) is 26.2 Å². The number of hydrogen-bond acceptors (Lipinski definition) is 7. The summed E-state index contributed by atoms with van der Waals surface area (Å²) >= 11 is 2.23. The van der Waals surface area contributed by atoms with Crippen LogP contribution in [0.4, 0.5) is 8.78 Å². The molecule has 1 fully saturated rings. The molecule has 0 aliphatic carbocycles. The first-order valence-electron chi connectivity index (χ1n) is 8.74. The molecule has 1 saturated heterocycles. The van der Waals surface area contributed by atoms with Gasteiger partial charge in [0.2, 0.25) is 5.91 Å². The summed E-state index contributed by atoms with van der Waals surface area (Å²) in [7, 11) is 0. The predicted molar refractivity (Wildman–Crippen MR) is 104 cm³/mol. The molecule has 7 nitrogen and oxygen atoms in total. The Labute approximate surface area is 174 Å². The SMILES string of the molecule is CC(=O)N(C[C@@H]1CN(Cc2ccc(F)c(F)c2)CCO1)Sc1nc(C(=O)O)cs1. The highest BCUT2D eigenvalue weighted by molar-refractivity contribution is 7.99. The molecule has 29 heavy (non-hydrogen) atoms. The molecule has 156 valence electrons. The van der Waals surface area contributed by atoms with Crippen LogP contribution in [-0.4, -0.2) is 63.5 Å². The third-order valence-corrected chi connectivity index (χ3v) is 6.24. The standard InChI is InChI=1S/C18H19F2N3O4S2/c1-11(24)23(29-18-21-16(10-28-18)17(25)26)9-13-8-22(4-5-27-13)7-12-2-3-14(19)15(20)6-12/h2-3,6,10,13H,4-5,7-9H2,1H3,(H,25,26)/t13-/m0/s1. The molecule has 1 aromatic carbocycles. The van der Waals surface area contributed by atoms with Crippen LogP contribution in [0.15, 0.2) is 27.9 Å². The third-order valence-electron chi connectivity index (χ3n) is 4.22. The molecule has 1 aliphatic rings. The van der Waals surface area contributed by atoms with Crippen molar-refractivity contribution in [3.63, 3.8) is 0 Å². The van der Waals surface area contributed by atoms with Crippen molar-refractivity contribution < 1.29 is 28.2 Å². The van der Waals surface area contributed by atoms with E-state index >= 15 is 0 Å². The molecule has 1 N–H and O–H groups in total. The summed E-state index contributed by atoms with van der Waals surface area (Å²) in [4.78, 5) is 29.0. The van der Waals surface area contributed by atoms with Gasteiger partial charge in [-0.3, -0.25) is 14.0 Å². The minimum absolute atomic E-state index is 0.0624. The summed E-state index contributed by atoms with van der Waals surface area (Å²) in [5.74, 6) is -3.08. The van der Waals surface area contributed by atoms with Crippen molar-refractivity contribution in [3.05, 3.63) is 46.5 Å². The smallest absolute Gasteiger partial charge is 0.355 e. The second kappa shape index (κ2) is 9.61. The molecule has 11 heteroatoms. The van der Waals surface area contributed by atoms with Crippen LogP contribution in [0.3, 0.4) is 0 Å². The molecule has 0 unspecified atom stereocenters. The van der Waals surface area contributed by atoms with E-state index < -0.39 is 17.6 Å². The van der Waals surface area contributed by atoms with Crippen LogP contribution in [0.25, 0.3) is 0 Å². The van der Waals surface area contributed by atoms with Gasteiger partial charge in [-0.05, 0) is 17.7 Å². The van der Waals surface area contributed by atoms with Crippen LogP contribution in [0.5, 0.6) is 0 Å². The monoisotopic (exact) mass is 443 g/mol. The second-order valence-electron chi connectivity index (χ2n) is 6.45. The average Bonchev–Trinajstić information content (AvgIpc) is 3.13. The van der Waals surface area contributed by atoms with Crippen molar-refractivity contribution in [1.82, 2.24) is 14.2 Å². The Balaban J connectivity index is 1.59. The number of hydrogen-bond donors (Lipinski definition) is 1. The fourth-order valence-electron chi connectivity index (χ4n) is 2.84. The molecular weight excluding hydrogens is 424 g/mol. The normalized spacial score (nSPS) is 17.3. The quantitative estimate of drug-likeness (QED) is 0.659. The molecular formula is C18H19F2N3O4S2. The summed E-state index contributed by atoms with van der Waals surface area (Å²) < 4.78 is 34.2. The van der Waals surface area contributed by atoms with Crippen molar-refractivity contribution in [2.45, 2.75) is 23.9 Å². The average molecular weight is 443 g/mol. The summed E-state index contributed by atoms with van der Waals surface area (Å²) in [5, 5.41) is 10.4. The van der Waals surface area contributed by atoms with Gasteiger partial charge in [0, 0.05) is 43.9 Å². The third kappa shape index (κ3) is 5.95. The number of amides is 1. The number of thiazole rings is 1. The molecule has 0 radical (unpaired) electrons. The Morgan fingerprint density at radius 1 is 1.41 bits per heavy atom. The van der Waals surface area contributed by atoms with Gasteiger partial charge in [-0.1, -0.05) is 6.07 Å². The lowest BCUT2D eigenvalue weighted by molar-refractivity contribution is -0.126. The topological polar surface area (TPSA) is 83.0 Å². The van der Waals surface area contributed by atoms with E-state index in [0.717, 1.165) is 29.4 Å². The number of rotatable bonds is 7. The van der Waals surface area contributed by atoms with Gasteiger partial charge in [0.05, 0.1) is 19.3 Å². The number of carbonyl (C=O) groups is 2. The molecule has 1 atom stereocenters. The number of aromatic nitrogens is 1. The molecule has 0 spiro atoms. The number of nitrogens with zero attached hydrogens (tertiary/aromatic N) is 3. The highest BCUT2D eigenvalue weighted by Gasteiger charge is 2.25. The number of benzene rings is 1. The van der Waals surface area contributed by atoms with Gasteiger partial charge in [0.1, 0.15) is 0 Å². The Morgan fingerprint density at radius 2 is 2.21 bits per heavy atom. The maximum atomic E-state index is 13.4. The number of morpholine rings is 1. The summed E-state index contributed by atoms with van der Waals surface area (Å²) in [6, 6.07) is 3.83. The zero-order chi connectivity index (χ0) is 21.0. The molecule has 1 aromatic heterocycles. The summed E-state index contributed by atoms with van der Waals surface area (Å²) in [5.41, 5.74) is 0.596.